The number of ether oxygens (including phenoxy) is 1. The largest absolute Gasteiger partial charge is 0.492 e. The Bertz CT molecular complexity index is 1330. The molecule has 2 aromatic carbocycles. The molecule has 0 spiro atoms. The summed E-state index contributed by atoms with van der Waals surface area (Å²) in [7, 11) is 0. The number of hydrogen-bond donors (Lipinski definition) is 1. The summed E-state index contributed by atoms with van der Waals surface area (Å²) in [6.45, 7) is 2.65. The number of fused-ring (bicyclic) bond motifs is 4. The monoisotopic (exact) mass is 548 g/mol. The molecule has 40 heavy (non-hydrogen) atoms. The van der Waals surface area contributed by atoms with E-state index < -0.39 is 11.7 Å². The Balaban J connectivity index is 1.28. The van der Waals surface area contributed by atoms with Gasteiger partial charge in [-0.05, 0) is 35.7 Å². The Morgan fingerprint density at radius 3 is 2.60 bits per heavy atom. The maximum Gasteiger partial charge on any atom is 0.227 e. The first-order valence-electron chi connectivity index (χ1n) is 13.6. The molecular formula is C29H33FN6O4. The predicted octanol–water partition coefficient (Wildman–Crippen LogP) is 2.02. The maximum atomic E-state index is 14.1. The zero-order valence-electron chi connectivity index (χ0n) is 22.2. The Morgan fingerprint density at radius 2 is 1.77 bits per heavy atom. The number of halogens is 1. The fraction of sp³-hybridized carbons (Fsp3) is 0.414. The van der Waals surface area contributed by atoms with Crippen LogP contribution in [0.5, 0.6) is 5.75 Å². The highest BCUT2D eigenvalue weighted by Gasteiger charge is 2.40. The number of rotatable bonds is 5. The highest BCUT2D eigenvalue weighted by molar-refractivity contribution is 5.83. The number of nitrogens with zero attached hydrogens (tertiary/aromatic N) is 5. The van der Waals surface area contributed by atoms with Crippen molar-refractivity contribution in [2.24, 2.45) is 5.92 Å². The minimum atomic E-state index is -0.407. The summed E-state index contributed by atoms with van der Waals surface area (Å²) in [5.41, 5.74) is 1.28. The zero-order chi connectivity index (χ0) is 27.9. The Hall–Kier alpha value is -4.28. The summed E-state index contributed by atoms with van der Waals surface area (Å²) < 4.78 is 21.9. The summed E-state index contributed by atoms with van der Waals surface area (Å²) in [6.07, 6.45) is 3.93. The summed E-state index contributed by atoms with van der Waals surface area (Å²) >= 11 is 0. The number of aryl methyl sites for hydroxylation is 1. The molecule has 2 atom stereocenters. The quantitative estimate of drug-likeness (QED) is 0.523. The van der Waals surface area contributed by atoms with Crippen LogP contribution in [0.25, 0.3) is 0 Å². The van der Waals surface area contributed by atoms with Crippen molar-refractivity contribution in [2.45, 2.75) is 31.7 Å². The zero-order valence-corrected chi connectivity index (χ0v) is 22.2. The molecule has 1 aromatic heterocycles. The van der Waals surface area contributed by atoms with Crippen molar-refractivity contribution in [3.63, 3.8) is 0 Å². The van der Waals surface area contributed by atoms with Crippen molar-refractivity contribution >= 4 is 17.7 Å². The molecule has 0 unspecified atom stereocenters. The highest BCUT2D eigenvalue weighted by Crippen LogP contribution is 2.35. The van der Waals surface area contributed by atoms with Crippen LogP contribution in [-0.2, 0) is 27.3 Å². The van der Waals surface area contributed by atoms with Gasteiger partial charge in [0.25, 0.3) is 0 Å². The van der Waals surface area contributed by atoms with Gasteiger partial charge in [0.05, 0.1) is 18.9 Å². The van der Waals surface area contributed by atoms with Crippen LogP contribution >= 0.6 is 0 Å². The van der Waals surface area contributed by atoms with Crippen molar-refractivity contribution in [1.82, 2.24) is 29.9 Å². The van der Waals surface area contributed by atoms with E-state index in [9.17, 15) is 18.8 Å². The first-order valence-corrected chi connectivity index (χ1v) is 13.6. The number of aromatic nitrogens is 3. The number of carbonyl (C=O) groups is 3. The second kappa shape index (κ2) is 12.7. The van der Waals surface area contributed by atoms with Crippen molar-refractivity contribution in [2.75, 3.05) is 39.3 Å². The number of likely N-dealkylation sites (tertiary alicyclic amines) is 1. The van der Waals surface area contributed by atoms with Crippen LogP contribution in [0.3, 0.4) is 0 Å². The highest BCUT2D eigenvalue weighted by atomic mass is 19.1. The Kier molecular flexibility index (Phi) is 8.68. The summed E-state index contributed by atoms with van der Waals surface area (Å²) in [4.78, 5) is 42.8. The van der Waals surface area contributed by atoms with Gasteiger partial charge in [0.2, 0.25) is 17.7 Å². The van der Waals surface area contributed by atoms with Crippen molar-refractivity contribution < 1.29 is 23.5 Å². The van der Waals surface area contributed by atoms with Gasteiger partial charge in [0.1, 0.15) is 30.8 Å². The van der Waals surface area contributed by atoms with Crippen LogP contribution < -0.4 is 10.1 Å². The molecule has 2 bridgehead atoms. The minimum absolute atomic E-state index is 0.0247. The maximum absolute atomic E-state index is 14.1. The molecule has 10 nitrogen and oxygen atoms in total. The summed E-state index contributed by atoms with van der Waals surface area (Å²) in [6, 6.07) is 13.9. The Labute approximate surface area is 232 Å². The SMILES string of the molecule is O=C1NCCCN(C(=O)Cc2ccccc2F)CCOc2cccc(c2)[C@H]2CN(C(=O)CCn3cnnc3)C[C@H]12. The van der Waals surface area contributed by atoms with E-state index in [4.69, 9.17) is 4.74 Å². The number of hydrogen-bond acceptors (Lipinski definition) is 6. The molecule has 1 fully saturated rings. The molecule has 1 N–H and O–H groups in total. The minimum Gasteiger partial charge on any atom is -0.492 e. The average Bonchev–Trinajstić information content (AvgIpc) is 3.65. The molecule has 5 rings (SSSR count). The second-order valence-electron chi connectivity index (χ2n) is 10.2. The van der Waals surface area contributed by atoms with E-state index in [-0.39, 0.29) is 36.7 Å². The molecule has 3 heterocycles. The molecule has 2 aliphatic heterocycles. The van der Waals surface area contributed by atoms with Crippen LogP contribution in [0.2, 0.25) is 0 Å². The van der Waals surface area contributed by atoms with E-state index >= 15 is 0 Å². The summed E-state index contributed by atoms with van der Waals surface area (Å²) in [5.74, 6) is -0.685. The van der Waals surface area contributed by atoms with Gasteiger partial charge >= 0.3 is 0 Å². The van der Waals surface area contributed by atoms with Gasteiger partial charge in [0, 0.05) is 45.1 Å². The molecule has 0 radical (unpaired) electrons. The lowest BCUT2D eigenvalue weighted by atomic mass is 9.88. The molecule has 210 valence electrons. The third-order valence-corrected chi connectivity index (χ3v) is 7.53. The number of nitrogens with one attached hydrogen (secondary N) is 1. The molecule has 11 heteroatoms. The van der Waals surface area contributed by atoms with E-state index in [0.717, 1.165) is 5.56 Å². The number of benzene rings is 2. The smallest absolute Gasteiger partial charge is 0.227 e. The van der Waals surface area contributed by atoms with Gasteiger partial charge in [-0.3, -0.25) is 14.4 Å². The average molecular weight is 549 g/mol. The van der Waals surface area contributed by atoms with Crippen LogP contribution in [0.1, 0.15) is 29.9 Å². The standard InChI is InChI=1S/C29H33FN6O4/c30-26-8-2-1-5-22(26)16-28(38)35-11-4-10-31-29(39)25-18-36(27(37)9-12-34-19-32-33-20-34)17-24(25)21-6-3-7-23(15-21)40-14-13-35/h1-3,5-8,15,19-20,24-25H,4,9-14,16-18H2,(H,31,39)/t24-,25+/m1/s1. The van der Waals surface area contributed by atoms with E-state index in [1.807, 2.05) is 24.3 Å². The molecule has 2 aliphatic rings. The van der Waals surface area contributed by atoms with Gasteiger partial charge in [-0.2, -0.15) is 0 Å². The van der Waals surface area contributed by atoms with Gasteiger partial charge in [-0.25, -0.2) is 4.39 Å². The van der Waals surface area contributed by atoms with E-state index in [0.29, 0.717) is 63.4 Å². The first kappa shape index (κ1) is 27.3. The third kappa shape index (κ3) is 6.64. The van der Waals surface area contributed by atoms with Crippen molar-refractivity contribution in [3.05, 3.63) is 78.1 Å². The topological polar surface area (TPSA) is 110 Å². The molecule has 3 aromatic rings. The lowest BCUT2D eigenvalue weighted by Gasteiger charge is -2.25. The van der Waals surface area contributed by atoms with Gasteiger partial charge in [-0.1, -0.05) is 30.3 Å². The fourth-order valence-electron chi connectivity index (χ4n) is 5.33. The van der Waals surface area contributed by atoms with Gasteiger partial charge in [0.15, 0.2) is 0 Å². The van der Waals surface area contributed by atoms with Crippen molar-refractivity contribution in [1.29, 1.82) is 0 Å². The van der Waals surface area contributed by atoms with Crippen LogP contribution in [0, 0.1) is 11.7 Å². The van der Waals surface area contributed by atoms with E-state index in [2.05, 4.69) is 15.5 Å². The molecule has 0 saturated carbocycles. The lowest BCUT2D eigenvalue weighted by molar-refractivity contribution is -0.131. The lowest BCUT2D eigenvalue weighted by Crippen LogP contribution is -2.40. The van der Waals surface area contributed by atoms with Crippen molar-refractivity contribution in [3.8, 4) is 5.75 Å². The van der Waals surface area contributed by atoms with E-state index in [1.165, 1.54) is 6.07 Å². The van der Waals surface area contributed by atoms with Crippen LogP contribution in [0.4, 0.5) is 4.39 Å². The summed E-state index contributed by atoms with van der Waals surface area (Å²) in [5, 5.41) is 10.6. The number of amides is 3. The van der Waals surface area contributed by atoms with Crippen LogP contribution in [0.15, 0.2) is 61.2 Å². The Morgan fingerprint density at radius 1 is 0.975 bits per heavy atom. The van der Waals surface area contributed by atoms with Gasteiger partial charge in [-0.15, -0.1) is 10.2 Å². The van der Waals surface area contributed by atoms with E-state index in [1.54, 1.807) is 45.2 Å². The fourth-order valence-corrected chi connectivity index (χ4v) is 5.33. The predicted molar refractivity (Wildman–Crippen MR) is 144 cm³/mol. The number of carbonyl (C=O) groups excluding carboxylic acids is 3. The molecule has 1 saturated heterocycles. The third-order valence-electron chi connectivity index (χ3n) is 7.53. The molecular weight excluding hydrogens is 515 g/mol. The first-order chi connectivity index (χ1) is 19.5. The second-order valence-corrected chi connectivity index (χ2v) is 10.2. The molecule has 0 aliphatic carbocycles. The van der Waals surface area contributed by atoms with Gasteiger partial charge < -0.3 is 24.4 Å². The molecule has 3 amide bonds. The normalized spacial score (nSPS) is 19.8. The van der Waals surface area contributed by atoms with Crippen LogP contribution in [-0.4, -0.2) is 81.6 Å².